The molecule has 0 fully saturated rings. The van der Waals surface area contributed by atoms with E-state index < -0.39 is 22.8 Å². The van der Waals surface area contributed by atoms with E-state index in [4.69, 9.17) is 9.47 Å². The second-order valence-corrected chi connectivity index (χ2v) is 5.61. The molecule has 1 heterocycles. The number of H-pyrrole nitrogens is 1. The summed E-state index contributed by atoms with van der Waals surface area (Å²) in [5.41, 5.74) is 0.930. The monoisotopic (exact) mass is 366 g/mol. The highest BCUT2D eigenvalue weighted by atomic mass is 16.5. The first kappa shape index (κ1) is 18.1. The number of para-hydroxylation sites is 1. The Balaban J connectivity index is 2.02. The fourth-order valence-corrected chi connectivity index (χ4v) is 2.74. The van der Waals surface area contributed by atoms with Crippen LogP contribution in [0.25, 0.3) is 11.1 Å². The second kappa shape index (κ2) is 7.65. The molecule has 1 aromatic heterocycles. The Hall–Kier alpha value is -3.74. The van der Waals surface area contributed by atoms with Gasteiger partial charge in [0.05, 0.1) is 14.2 Å². The lowest BCUT2D eigenvalue weighted by atomic mass is 10.0. The van der Waals surface area contributed by atoms with Crippen LogP contribution < -0.4 is 20.3 Å². The van der Waals surface area contributed by atoms with Crippen LogP contribution in [0.15, 0.2) is 59.4 Å². The van der Waals surface area contributed by atoms with E-state index in [9.17, 15) is 14.7 Å². The van der Waals surface area contributed by atoms with E-state index >= 15 is 0 Å². The van der Waals surface area contributed by atoms with Gasteiger partial charge in [0.1, 0.15) is 0 Å². The highest BCUT2D eigenvalue weighted by Crippen LogP contribution is 2.35. The fourth-order valence-electron chi connectivity index (χ4n) is 2.74. The van der Waals surface area contributed by atoms with E-state index in [1.807, 2.05) is 42.5 Å². The van der Waals surface area contributed by atoms with Crippen LogP contribution in [0.3, 0.4) is 0 Å². The summed E-state index contributed by atoms with van der Waals surface area (Å²) >= 11 is 0. The van der Waals surface area contributed by atoms with Gasteiger partial charge in [-0.2, -0.15) is 0 Å². The maximum atomic E-state index is 12.7. The summed E-state index contributed by atoms with van der Waals surface area (Å²) in [5.74, 6) is -1.55. The molecule has 0 spiro atoms. The highest BCUT2D eigenvalue weighted by Gasteiger charge is 2.24. The Morgan fingerprint density at radius 2 is 1.67 bits per heavy atom. The number of carbonyl (C=O) groups excluding carboxylic acids is 1. The summed E-state index contributed by atoms with van der Waals surface area (Å²) in [6.07, 6.45) is 0. The normalized spacial score (nSPS) is 10.3. The molecule has 0 aliphatic rings. The van der Waals surface area contributed by atoms with Crippen LogP contribution in [0.1, 0.15) is 10.4 Å². The van der Waals surface area contributed by atoms with Crippen molar-refractivity contribution in [2.75, 3.05) is 19.5 Å². The zero-order valence-corrected chi connectivity index (χ0v) is 14.8. The van der Waals surface area contributed by atoms with E-state index in [0.29, 0.717) is 5.69 Å². The highest BCUT2D eigenvalue weighted by molar-refractivity contribution is 6.08. The van der Waals surface area contributed by atoms with E-state index in [1.165, 1.54) is 14.2 Å². The Bertz CT molecular complexity index is 1030. The third-order valence-electron chi connectivity index (χ3n) is 4.01. The number of anilines is 1. The summed E-state index contributed by atoms with van der Waals surface area (Å²) in [5, 5.41) is 13.0. The summed E-state index contributed by atoms with van der Waals surface area (Å²) in [6, 6.07) is 16.7. The van der Waals surface area contributed by atoms with Crippen molar-refractivity contribution < 1.29 is 19.4 Å². The number of rotatable bonds is 5. The first-order valence-corrected chi connectivity index (χ1v) is 8.09. The zero-order chi connectivity index (χ0) is 19.4. The SMILES string of the molecule is COc1[nH]c(=O)c(C(=O)Nc2ccccc2-c2ccccc2)c(O)c1OC. The third-order valence-corrected chi connectivity index (χ3v) is 4.01. The van der Waals surface area contributed by atoms with Crippen molar-refractivity contribution in [1.29, 1.82) is 0 Å². The number of nitrogens with one attached hydrogen (secondary N) is 2. The lowest BCUT2D eigenvalue weighted by molar-refractivity contribution is 0.102. The van der Waals surface area contributed by atoms with Crippen LogP contribution in [-0.4, -0.2) is 30.2 Å². The number of aromatic hydroxyl groups is 1. The molecule has 2 aromatic carbocycles. The van der Waals surface area contributed by atoms with Crippen molar-refractivity contribution in [3.63, 3.8) is 0 Å². The van der Waals surface area contributed by atoms with Crippen LogP contribution in [0, 0.1) is 0 Å². The number of hydrogen-bond acceptors (Lipinski definition) is 5. The van der Waals surface area contributed by atoms with E-state index in [2.05, 4.69) is 10.3 Å². The number of amides is 1. The van der Waals surface area contributed by atoms with Gasteiger partial charge in [-0.05, 0) is 11.6 Å². The largest absolute Gasteiger partial charge is 0.503 e. The van der Waals surface area contributed by atoms with Crippen molar-refractivity contribution >= 4 is 11.6 Å². The molecule has 0 aliphatic heterocycles. The molecule has 3 N–H and O–H groups in total. The quantitative estimate of drug-likeness (QED) is 0.644. The molecule has 0 radical (unpaired) electrons. The second-order valence-electron chi connectivity index (χ2n) is 5.61. The van der Waals surface area contributed by atoms with Gasteiger partial charge in [0.15, 0.2) is 11.3 Å². The number of ether oxygens (including phenoxy) is 2. The zero-order valence-electron chi connectivity index (χ0n) is 14.8. The fraction of sp³-hybridized carbons (Fsp3) is 0.100. The van der Waals surface area contributed by atoms with Gasteiger partial charge in [-0.1, -0.05) is 48.5 Å². The average Bonchev–Trinajstić information content (AvgIpc) is 2.68. The first-order chi connectivity index (χ1) is 13.1. The molecule has 138 valence electrons. The molecule has 3 rings (SSSR count). The minimum atomic E-state index is -0.792. The number of aromatic nitrogens is 1. The van der Waals surface area contributed by atoms with Crippen LogP contribution in [0.2, 0.25) is 0 Å². The molecule has 0 saturated carbocycles. The predicted molar refractivity (Wildman–Crippen MR) is 102 cm³/mol. The van der Waals surface area contributed by atoms with E-state index in [0.717, 1.165) is 11.1 Å². The average molecular weight is 366 g/mol. The molecule has 7 heteroatoms. The van der Waals surface area contributed by atoms with Gasteiger partial charge < -0.3 is 19.9 Å². The Labute approximate surface area is 155 Å². The van der Waals surface area contributed by atoms with Gasteiger partial charge in [0.25, 0.3) is 11.5 Å². The Morgan fingerprint density at radius 1 is 1.00 bits per heavy atom. The maximum Gasteiger partial charge on any atom is 0.267 e. The summed E-state index contributed by atoms with van der Waals surface area (Å²) in [4.78, 5) is 27.4. The topological polar surface area (TPSA) is 101 Å². The molecule has 0 saturated heterocycles. The van der Waals surface area contributed by atoms with Gasteiger partial charge in [-0.15, -0.1) is 0 Å². The molecule has 0 atom stereocenters. The lowest BCUT2D eigenvalue weighted by Gasteiger charge is -2.14. The standard InChI is InChI=1S/C20H18N2O5/c1-26-17-16(23)15(19(25)22-20(17)27-2)18(24)21-14-11-7-6-10-13(14)12-8-4-3-5-9-12/h3-11H,1-2H3,(H,21,24)(H2,22,23,25). The predicted octanol–water partition coefficient (Wildman–Crippen LogP) is 3.02. The van der Waals surface area contributed by atoms with Crippen molar-refractivity contribution in [2.24, 2.45) is 0 Å². The molecule has 7 nitrogen and oxygen atoms in total. The van der Waals surface area contributed by atoms with Crippen molar-refractivity contribution in [3.8, 4) is 28.5 Å². The summed E-state index contributed by atoms with van der Waals surface area (Å²) in [6.45, 7) is 0. The molecule has 0 aliphatic carbocycles. The van der Waals surface area contributed by atoms with E-state index in [1.54, 1.807) is 12.1 Å². The smallest absolute Gasteiger partial charge is 0.267 e. The van der Waals surface area contributed by atoms with Crippen LogP contribution in [-0.2, 0) is 0 Å². The van der Waals surface area contributed by atoms with Crippen LogP contribution in [0.5, 0.6) is 17.4 Å². The van der Waals surface area contributed by atoms with Gasteiger partial charge in [0.2, 0.25) is 11.6 Å². The molecule has 0 bridgehead atoms. The van der Waals surface area contributed by atoms with Crippen molar-refractivity contribution in [2.45, 2.75) is 0 Å². The number of carbonyl (C=O) groups is 1. The van der Waals surface area contributed by atoms with Gasteiger partial charge >= 0.3 is 0 Å². The van der Waals surface area contributed by atoms with Crippen molar-refractivity contribution in [1.82, 2.24) is 4.98 Å². The van der Waals surface area contributed by atoms with Crippen LogP contribution in [0.4, 0.5) is 5.69 Å². The molecular formula is C20H18N2O5. The summed E-state index contributed by atoms with van der Waals surface area (Å²) < 4.78 is 9.99. The summed E-state index contributed by atoms with van der Waals surface area (Å²) in [7, 11) is 2.60. The number of benzene rings is 2. The molecule has 27 heavy (non-hydrogen) atoms. The molecule has 1 amide bonds. The lowest BCUT2D eigenvalue weighted by Crippen LogP contribution is -2.24. The Morgan fingerprint density at radius 3 is 2.33 bits per heavy atom. The first-order valence-electron chi connectivity index (χ1n) is 8.09. The minimum Gasteiger partial charge on any atom is -0.503 e. The van der Waals surface area contributed by atoms with Gasteiger partial charge in [0, 0.05) is 11.3 Å². The number of aromatic amines is 1. The minimum absolute atomic E-state index is 0.0683. The molecular weight excluding hydrogens is 348 g/mol. The van der Waals surface area contributed by atoms with Crippen LogP contribution >= 0.6 is 0 Å². The van der Waals surface area contributed by atoms with Gasteiger partial charge in [-0.25, -0.2) is 0 Å². The number of hydrogen-bond donors (Lipinski definition) is 3. The molecule has 3 aromatic rings. The number of pyridine rings is 1. The maximum absolute atomic E-state index is 12.7. The Kier molecular flexibility index (Phi) is 5.12. The van der Waals surface area contributed by atoms with Gasteiger partial charge in [-0.3, -0.25) is 14.6 Å². The van der Waals surface area contributed by atoms with Crippen molar-refractivity contribution in [3.05, 3.63) is 70.5 Å². The van der Waals surface area contributed by atoms with E-state index in [-0.39, 0.29) is 11.6 Å². The molecule has 0 unspecified atom stereocenters. The third kappa shape index (κ3) is 3.48. The number of methoxy groups -OCH3 is 2.